The summed E-state index contributed by atoms with van der Waals surface area (Å²) in [6, 6.07) is 0.458. The summed E-state index contributed by atoms with van der Waals surface area (Å²) in [7, 11) is -3.09. The highest BCUT2D eigenvalue weighted by Gasteiger charge is 2.29. The third-order valence-electron chi connectivity index (χ3n) is 2.50. The molecule has 2 atom stereocenters. The first-order chi connectivity index (χ1) is 6.95. The fraction of sp³-hybridized carbons (Fsp3) is 0.800. The average molecular weight is 232 g/mol. The van der Waals surface area contributed by atoms with Gasteiger partial charge in [0.05, 0.1) is 5.75 Å². The molecule has 0 aliphatic carbocycles. The maximum absolute atomic E-state index is 11.9. The summed E-state index contributed by atoms with van der Waals surface area (Å²) in [5, 5.41) is 3.31. The van der Waals surface area contributed by atoms with E-state index in [0.717, 1.165) is 0 Å². The third-order valence-corrected chi connectivity index (χ3v) is 4.33. The minimum Gasteiger partial charge on any atom is -0.309 e. The van der Waals surface area contributed by atoms with Gasteiger partial charge in [0.15, 0.2) is 0 Å². The quantitative estimate of drug-likeness (QED) is 0.721. The van der Waals surface area contributed by atoms with Crippen LogP contribution in [0.1, 0.15) is 20.3 Å². The molecule has 4 nitrogen and oxygen atoms in total. The maximum atomic E-state index is 11.9. The summed E-state index contributed by atoms with van der Waals surface area (Å²) in [5.74, 6) is 0.177. The van der Waals surface area contributed by atoms with Crippen LogP contribution >= 0.6 is 0 Å². The first-order valence-electron chi connectivity index (χ1n) is 5.30. The minimum atomic E-state index is -3.09. The van der Waals surface area contributed by atoms with Crippen molar-refractivity contribution in [3.05, 3.63) is 12.7 Å². The number of nitrogens with zero attached hydrogens (tertiary/aromatic N) is 1. The van der Waals surface area contributed by atoms with Gasteiger partial charge in [-0.1, -0.05) is 6.08 Å². The van der Waals surface area contributed by atoms with Crippen LogP contribution in [-0.2, 0) is 10.0 Å². The molecule has 0 saturated carbocycles. The van der Waals surface area contributed by atoms with E-state index in [1.165, 1.54) is 0 Å². The van der Waals surface area contributed by atoms with E-state index in [2.05, 4.69) is 11.9 Å². The van der Waals surface area contributed by atoms with Gasteiger partial charge in [0, 0.05) is 25.2 Å². The van der Waals surface area contributed by atoms with Gasteiger partial charge in [-0.2, -0.15) is 4.31 Å². The van der Waals surface area contributed by atoms with Crippen LogP contribution in [0.25, 0.3) is 0 Å². The van der Waals surface area contributed by atoms with Crippen molar-refractivity contribution in [3.63, 3.8) is 0 Å². The van der Waals surface area contributed by atoms with Crippen molar-refractivity contribution in [3.8, 4) is 0 Å². The SMILES string of the molecule is C=CCCS(=O)(=O)N1CC(C)NC(C)C1. The Morgan fingerprint density at radius 1 is 1.40 bits per heavy atom. The molecule has 1 fully saturated rings. The molecule has 0 spiro atoms. The molecule has 0 aromatic heterocycles. The molecule has 1 heterocycles. The normalized spacial score (nSPS) is 28.9. The second-order valence-corrected chi connectivity index (χ2v) is 6.27. The van der Waals surface area contributed by atoms with Gasteiger partial charge >= 0.3 is 0 Å². The molecular weight excluding hydrogens is 212 g/mol. The lowest BCUT2D eigenvalue weighted by Gasteiger charge is -2.35. The summed E-state index contributed by atoms with van der Waals surface area (Å²) in [5.41, 5.74) is 0. The van der Waals surface area contributed by atoms with Crippen LogP contribution in [0.3, 0.4) is 0 Å². The molecule has 15 heavy (non-hydrogen) atoms. The zero-order valence-electron chi connectivity index (χ0n) is 9.44. The number of piperazine rings is 1. The Kier molecular flexibility index (Phi) is 4.31. The lowest BCUT2D eigenvalue weighted by Crippen LogP contribution is -2.56. The topological polar surface area (TPSA) is 49.4 Å². The molecule has 88 valence electrons. The Hall–Kier alpha value is -0.390. The zero-order valence-corrected chi connectivity index (χ0v) is 10.3. The summed E-state index contributed by atoms with van der Waals surface area (Å²) < 4.78 is 25.4. The van der Waals surface area contributed by atoms with E-state index in [1.54, 1.807) is 10.4 Å². The minimum absolute atomic E-state index is 0.177. The first-order valence-corrected chi connectivity index (χ1v) is 6.91. The van der Waals surface area contributed by atoms with Gasteiger partial charge in [0.2, 0.25) is 10.0 Å². The molecular formula is C10H20N2O2S. The summed E-state index contributed by atoms with van der Waals surface area (Å²) in [4.78, 5) is 0. The predicted octanol–water partition coefficient (Wildman–Crippen LogP) is 0.574. The fourth-order valence-corrected chi connectivity index (χ4v) is 3.49. The molecule has 1 aliphatic rings. The van der Waals surface area contributed by atoms with Crippen LogP contribution in [0.4, 0.5) is 0 Å². The zero-order chi connectivity index (χ0) is 11.5. The van der Waals surface area contributed by atoms with Crippen LogP contribution in [0.2, 0.25) is 0 Å². The van der Waals surface area contributed by atoms with Crippen LogP contribution in [0, 0.1) is 0 Å². The number of hydrogen-bond donors (Lipinski definition) is 1. The molecule has 1 N–H and O–H groups in total. The molecule has 2 unspecified atom stereocenters. The third kappa shape index (κ3) is 3.59. The smallest absolute Gasteiger partial charge is 0.214 e. The second-order valence-electron chi connectivity index (χ2n) is 4.18. The monoisotopic (exact) mass is 232 g/mol. The van der Waals surface area contributed by atoms with Gasteiger partial charge < -0.3 is 5.32 Å². The van der Waals surface area contributed by atoms with Gasteiger partial charge in [-0.25, -0.2) is 8.42 Å². The van der Waals surface area contributed by atoms with E-state index in [9.17, 15) is 8.42 Å². The van der Waals surface area contributed by atoms with Crippen molar-refractivity contribution in [2.75, 3.05) is 18.8 Å². The summed E-state index contributed by atoms with van der Waals surface area (Å²) in [6.07, 6.45) is 2.17. The van der Waals surface area contributed by atoms with Crippen molar-refractivity contribution >= 4 is 10.0 Å². The molecule has 0 radical (unpaired) electrons. The first kappa shape index (κ1) is 12.7. The molecule has 0 aromatic carbocycles. The van der Waals surface area contributed by atoms with E-state index in [0.29, 0.717) is 19.5 Å². The molecule has 5 heteroatoms. The van der Waals surface area contributed by atoms with Crippen LogP contribution < -0.4 is 5.32 Å². The number of rotatable bonds is 4. The van der Waals surface area contributed by atoms with E-state index >= 15 is 0 Å². The highest BCUT2D eigenvalue weighted by Crippen LogP contribution is 2.10. The van der Waals surface area contributed by atoms with Crippen molar-refractivity contribution in [2.24, 2.45) is 0 Å². The largest absolute Gasteiger partial charge is 0.309 e. The van der Waals surface area contributed by atoms with Crippen molar-refractivity contribution in [1.82, 2.24) is 9.62 Å². The molecule has 0 aromatic rings. The summed E-state index contributed by atoms with van der Waals surface area (Å²) >= 11 is 0. The number of allylic oxidation sites excluding steroid dienone is 1. The van der Waals surface area contributed by atoms with Gasteiger partial charge in [-0.15, -0.1) is 6.58 Å². The van der Waals surface area contributed by atoms with Crippen LogP contribution in [0.5, 0.6) is 0 Å². The highest BCUT2D eigenvalue weighted by molar-refractivity contribution is 7.89. The fourth-order valence-electron chi connectivity index (χ4n) is 1.87. The van der Waals surface area contributed by atoms with Crippen molar-refractivity contribution < 1.29 is 8.42 Å². The standard InChI is InChI=1S/C10H20N2O2S/c1-4-5-6-15(13,14)12-7-9(2)11-10(3)8-12/h4,9-11H,1,5-8H2,2-3H3. The van der Waals surface area contributed by atoms with Gasteiger partial charge in [-0.05, 0) is 20.3 Å². The van der Waals surface area contributed by atoms with Crippen LogP contribution in [-0.4, -0.2) is 43.6 Å². The molecule has 0 bridgehead atoms. The lowest BCUT2D eigenvalue weighted by molar-refractivity contribution is 0.263. The Morgan fingerprint density at radius 3 is 2.40 bits per heavy atom. The number of hydrogen-bond acceptors (Lipinski definition) is 3. The van der Waals surface area contributed by atoms with E-state index < -0.39 is 10.0 Å². The number of nitrogens with one attached hydrogen (secondary N) is 1. The molecule has 1 saturated heterocycles. The van der Waals surface area contributed by atoms with E-state index in [-0.39, 0.29) is 17.8 Å². The molecule has 1 aliphatic heterocycles. The van der Waals surface area contributed by atoms with Crippen LogP contribution in [0.15, 0.2) is 12.7 Å². The Labute approximate surface area is 92.4 Å². The molecule has 0 amide bonds. The van der Waals surface area contributed by atoms with E-state index in [1.807, 2.05) is 13.8 Å². The van der Waals surface area contributed by atoms with E-state index in [4.69, 9.17) is 0 Å². The molecule has 1 rings (SSSR count). The highest BCUT2D eigenvalue weighted by atomic mass is 32.2. The van der Waals surface area contributed by atoms with Crippen molar-refractivity contribution in [2.45, 2.75) is 32.4 Å². The Bertz CT molecular complexity index is 303. The Balaban J connectivity index is 2.65. The van der Waals surface area contributed by atoms with Crippen molar-refractivity contribution in [1.29, 1.82) is 0 Å². The van der Waals surface area contributed by atoms with Gasteiger partial charge in [0.25, 0.3) is 0 Å². The van der Waals surface area contributed by atoms with Gasteiger partial charge in [0.1, 0.15) is 0 Å². The lowest BCUT2D eigenvalue weighted by atomic mass is 10.2. The van der Waals surface area contributed by atoms with Gasteiger partial charge in [-0.3, -0.25) is 0 Å². The number of sulfonamides is 1. The predicted molar refractivity (Wildman–Crippen MR) is 62.2 cm³/mol. The summed E-state index contributed by atoms with van der Waals surface area (Å²) in [6.45, 7) is 8.70. The maximum Gasteiger partial charge on any atom is 0.214 e. The average Bonchev–Trinajstić information content (AvgIpc) is 2.13. The Morgan fingerprint density at radius 2 is 1.93 bits per heavy atom. The second kappa shape index (κ2) is 5.09.